The number of amides is 1. The van der Waals surface area contributed by atoms with Gasteiger partial charge in [-0.2, -0.15) is 5.10 Å². The van der Waals surface area contributed by atoms with Crippen molar-refractivity contribution in [2.24, 2.45) is 0 Å². The standard InChI is InChI=1S/C19H19N3O2/c1-12-8-13(2)18(17(23)9-12)15-10-16(22-21-15)19(24)20-11-14-6-4-3-5-7-14/h3-10,23H,11H2,1-2H3,(H,20,24)(H,21,22). The van der Waals surface area contributed by atoms with Gasteiger partial charge in [0.25, 0.3) is 5.91 Å². The highest BCUT2D eigenvalue weighted by atomic mass is 16.3. The molecule has 1 heterocycles. The van der Waals surface area contributed by atoms with Crippen LogP contribution in [0.3, 0.4) is 0 Å². The van der Waals surface area contributed by atoms with Crippen molar-refractivity contribution in [3.05, 3.63) is 70.9 Å². The van der Waals surface area contributed by atoms with Crippen molar-refractivity contribution in [1.82, 2.24) is 15.5 Å². The molecule has 0 bridgehead atoms. The molecule has 0 saturated heterocycles. The fourth-order valence-corrected chi connectivity index (χ4v) is 2.72. The van der Waals surface area contributed by atoms with Gasteiger partial charge in [0.15, 0.2) is 0 Å². The summed E-state index contributed by atoms with van der Waals surface area (Å²) in [5, 5.41) is 19.9. The lowest BCUT2D eigenvalue weighted by Gasteiger charge is -2.07. The van der Waals surface area contributed by atoms with Crippen LogP contribution in [0, 0.1) is 13.8 Å². The third-order valence-corrected chi connectivity index (χ3v) is 3.83. The summed E-state index contributed by atoms with van der Waals surface area (Å²) < 4.78 is 0. The molecule has 1 amide bonds. The number of phenolic OH excluding ortho intramolecular Hbond substituents is 1. The quantitative estimate of drug-likeness (QED) is 0.690. The maximum Gasteiger partial charge on any atom is 0.269 e. The average molecular weight is 321 g/mol. The number of aromatic hydroxyl groups is 1. The Bertz CT molecular complexity index is 846. The van der Waals surface area contributed by atoms with Crippen LogP contribution < -0.4 is 5.32 Å². The molecule has 0 aliphatic carbocycles. The molecule has 122 valence electrons. The van der Waals surface area contributed by atoms with Crippen molar-refractivity contribution in [1.29, 1.82) is 0 Å². The third kappa shape index (κ3) is 3.30. The molecule has 3 rings (SSSR count). The molecular formula is C19H19N3O2. The number of hydrogen-bond donors (Lipinski definition) is 3. The predicted octanol–water partition coefficient (Wildman–Crippen LogP) is 3.33. The first-order valence-electron chi connectivity index (χ1n) is 7.72. The number of hydrogen-bond acceptors (Lipinski definition) is 3. The second-order valence-electron chi connectivity index (χ2n) is 5.81. The largest absolute Gasteiger partial charge is 0.507 e. The summed E-state index contributed by atoms with van der Waals surface area (Å²) in [6, 6.07) is 15.0. The molecule has 0 unspecified atom stereocenters. The highest BCUT2D eigenvalue weighted by molar-refractivity contribution is 5.93. The lowest BCUT2D eigenvalue weighted by atomic mass is 10.0. The number of aromatic amines is 1. The Kier molecular flexibility index (Phi) is 4.33. The van der Waals surface area contributed by atoms with Gasteiger partial charge in [-0.05, 0) is 42.7 Å². The summed E-state index contributed by atoms with van der Waals surface area (Å²) in [5.74, 6) is -0.0721. The lowest BCUT2D eigenvalue weighted by Crippen LogP contribution is -2.23. The minimum Gasteiger partial charge on any atom is -0.507 e. The van der Waals surface area contributed by atoms with Crippen LogP contribution in [-0.4, -0.2) is 21.2 Å². The van der Waals surface area contributed by atoms with E-state index in [9.17, 15) is 9.90 Å². The number of nitrogens with zero attached hydrogens (tertiary/aromatic N) is 1. The number of H-pyrrole nitrogens is 1. The van der Waals surface area contributed by atoms with Crippen LogP contribution in [0.4, 0.5) is 0 Å². The molecule has 3 aromatic rings. The Morgan fingerprint density at radius 1 is 1.17 bits per heavy atom. The molecule has 2 aromatic carbocycles. The van der Waals surface area contributed by atoms with E-state index in [1.165, 1.54) is 0 Å². The van der Waals surface area contributed by atoms with Gasteiger partial charge in [-0.3, -0.25) is 9.89 Å². The van der Waals surface area contributed by atoms with Crippen molar-refractivity contribution in [3.63, 3.8) is 0 Å². The zero-order valence-corrected chi connectivity index (χ0v) is 13.6. The van der Waals surface area contributed by atoms with Gasteiger partial charge >= 0.3 is 0 Å². The van der Waals surface area contributed by atoms with E-state index in [4.69, 9.17) is 0 Å². The molecule has 0 spiro atoms. The van der Waals surface area contributed by atoms with Crippen LogP contribution in [0.2, 0.25) is 0 Å². The molecule has 0 aliphatic rings. The van der Waals surface area contributed by atoms with E-state index in [-0.39, 0.29) is 11.7 Å². The van der Waals surface area contributed by atoms with E-state index in [0.717, 1.165) is 16.7 Å². The van der Waals surface area contributed by atoms with Crippen LogP contribution in [-0.2, 0) is 6.54 Å². The van der Waals surface area contributed by atoms with Crippen LogP contribution in [0.1, 0.15) is 27.2 Å². The molecule has 0 saturated carbocycles. The van der Waals surface area contributed by atoms with Crippen molar-refractivity contribution < 1.29 is 9.90 Å². The normalized spacial score (nSPS) is 10.6. The van der Waals surface area contributed by atoms with Crippen molar-refractivity contribution >= 4 is 5.91 Å². The maximum atomic E-state index is 12.2. The molecule has 3 N–H and O–H groups in total. The molecule has 24 heavy (non-hydrogen) atoms. The molecule has 1 aromatic heterocycles. The van der Waals surface area contributed by atoms with Crippen LogP contribution in [0.15, 0.2) is 48.5 Å². The number of carbonyl (C=O) groups excluding carboxylic acids is 1. The van der Waals surface area contributed by atoms with E-state index in [1.54, 1.807) is 12.1 Å². The van der Waals surface area contributed by atoms with Crippen LogP contribution in [0.5, 0.6) is 5.75 Å². The van der Waals surface area contributed by atoms with Gasteiger partial charge in [0, 0.05) is 12.1 Å². The Morgan fingerprint density at radius 3 is 2.62 bits per heavy atom. The second kappa shape index (κ2) is 6.58. The molecule has 0 aliphatic heterocycles. The third-order valence-electron chi connectivity index (χ3n) is 3.83. The zero-order valence-electron chi connectivity index (χ0n) is 13.6. The van der Waals surface area contributed by atoms with Gasteiger partial charge < -0.3 is 10.4 Å². The first-order valence-corrected chi connectivity index (χ1v) is 7.72. The number of aryl methyl sites for hydroxylation is 2. The van der Waals surface area contributed by atoms with Gasteiger partial charge in [0.05, 0.1) is 5.69 Å². The highest BCUT2D eigenvalue weighted by Crippen LogP contribution is 2.32. The Morgan fingerprint density at radius 2 is 1.92 bits per heavy atom. The molecule has 5 nitrogen and oxygen atoms in total. The van der Waals surface area contributed by atoms with Crippen molar-refractivity contribution in [2.75, 3.05) is 0 Å². The van der Waals surface area contributed by atoms with Gasteiger partial charge in [0.2, 0.25) is 0 Å². The maximum absolute atomic E-state index is 12.2. The van der Waals surface area contributed by atoms with E-state index in [1.807, 2.05) is 50.2 Å². The predicted molar refractivity (Wildman–Crippen MR) is 92.8 cm³/mol. The SMILES string of the molecule is Cc1cc(C)c(-c2cc(C(=O)NCc3ccccc3)[nH]n2)c(O)c1. The summed E-state index contributed by atoms with van der Waals surface area (Å²) >= 11 is 0. The molecule has 0 radical (unpaired) electrons. The molecule has 0 atom stereocenters. The number of benzene rings is 2. The molecular weight excluding hydrogens is 302 g/mol. The van der Waals surface area contributed by atoms with Crippen molar-refractivity contribution in [2.45, 2.75) is 20.4 Å². The van der Waals surface area contributed by atoms with Gasteiger partial charge in [-0.15, -0.1) is 0 Å². The monoisotopic (exact) mass is 321 g/mol. The second-order valence-corrected chi connectivity index (χ2v) is 5.81. The van der Waals surface area contributed by atoms with E-state index in [2.05, 4.69) is 15.5 Å². The summed E-state index contributed by atoms with van der Waals surface area (Å²) in [7, 11) is 0. The summed E-state index contributed by atoms with van der Waals surface area (Å²) in [6.07, 6.45) is 0. The summed E-state index contributed by atoms with van der Waals surface area (Å²) in [6.45, 7) is 4.28. The Hall–Kier alpha value is -3.08. The van der Waals surface area contributed by atoms with Crippen LogP contribution >= 0.6 is 0 Å². The zero-order chi connectivity index (χ0) is 17.1. The molecule has 0 fully saturated rings. The number of rotatable bonds is 4. The van der Waals surface area contributed by atoms with Gasteiger partial charge in [-0.1, -0.05) is 36.4 Å². The number of aromatic nitrogens is 2. The summed E-state index contributed by atoms with van der Waals surface area (Å²) in [5.41, 5.74) is 4.46. The molecule has 5 heteroatoms. The average Bonchev–Trinajstić information content (AvgIpc) is 3.02. The minimum atomic E-state index is -0.234. The Balaban J connectivity index is 1.77. The number of carbonyl (C=O) groups is 1. The minimum absolute atomic E-state index is 0.162. The smallest absolute Gasteiger partial charge is 0.269 e. The van der Waals surface area contributed by atoms with E-state index < -0.39 is 0 Å². The fraction of sp³-hybridized carbons (Fsp3) is 0.158. The first-order chi connectivity index (χ1) is 11.5. The van der Waals surface area contributed by atoms with Gasteiger partial charge in [0.1, 0.15) is 11.4 Å². The number of nitrogens with one attached hydrogen (secondary N) is 2. The fourth-order valence-electron chi connectivity index (χ4n) is 2.72. The van der Waals surface area contributed by atoms with Gasteiger partial charge in [-0.25, -0.2) is 0 Å². The summed E-state index contributed by atoms with van der Waals surface area (Å²) in [4.78, 5) is 12.2. The first kappa shape index (κ1) is 15.8. The number of phenols is 1. The topological polar surface area (TPSA) is 78.0 Å². The lowest BCUT2D eigenvalue weighted by molar-refractivity contribution is 0.0946. The van der Waals surface area contributed by atoms with Crippen molar-refractivity contribution in [3.8, 4) is 17.0 Å². The van der Waals surface area contributed by atoms with E-state index in [0.29, 0.717) is 23.5 Å². The van der Waals surface area contributed by atoms with E-state index >= 15 is 0 Å². The highest BCUT2D eigenvalue weighted by Gasteiger charge is 2.15. The van der Waals surface area contributed by atoms with Crippen LogP contribution in [0.25, 0.3) is 11.3 Å². The Labute approximate surface area is 140 Å².